The first-order valence-electron chi connectivity index (χ1n) is 8.44. The van der Waals surface area contributed by atoms with Crippen molar-refractivity contribution < 1.29 is 4.74 Å². The summed E-state index contributed by atoms with van der Waals surface area (Å²) in [7, 11) is 0. The Morgan fingerprint density at radius 1 is 0.900 bits per heavy atom. The second-order valence-corrected chi connectivity index (χ2v) is 5.76. The lowest BCUT2D eigenvalue weighted by Gasteiger charge is -2.06. The number of rotatable bonds is 12. The van der Waals surface area contributed by atoms with Crippen LogP contribution in [0.15, 0.2) is 18.2 Å². The van der Waals surface area contributed by atoms with Crippen LogP contribution in [0.1, 0.15) is 76.7 Å². The van der Waals surface area contributed by atoms with Gasteiger partial charge in [-0.15, -0.1) is 0 Å². The van der Waals surface area contributed by atoms with Crippen molar-refractivity contribution in [1.29, 1.82) is 0 Å². The lowest BCUT2D eigenvalue weighted by atomic mass is 10.1. The number of hydrogen-bond acceptors (Lipinski definition) is 1. The molecule has 0 saturated carbocycles. The fourth-order valence-electron chi connectivity index (χ4n) is 2.41. The third-order valence-corrected chi connectivity index (χ3v) is 3.69. The molecule has 1 heteroatoms. The molecule has 0 amide bonds. The molecule has 1 nitrogen and oxygen atoms in total. The van der Waals surface area contributed by atoms with Crippen LogP contribution < -0.4 is 4.74 Å². The minimum absolute atomic E-state index is 0.830. The van der Waals surface area contributed by atoms with E-state index in [0.29, 0.717) is 0 Å². The first-order valence-corrected chi connectivity index (χ1v) is 8.44. The summed E-state index contributed by atoms with van der Waals surface area (Å²) < 4.78 is 5.70. The fraction of sp³-hybridized carbons (Fsp3) is 0.684. The van der Waals surface area contributed by atoms with Crippen molar-refractivity contribution >= 4 is 0 Å². The average Bonchev–Trinajstić information content (AvgIpc) is 2.45. The molecule has 0 atom stereocenters. The Bertz CT molecular complexity index is 332. The second-order valence-electron chi connectivity index (χ2n) is 5.76. The fourth-order valence-corrected chi connectivity index (χ4v) is 2.41. The molecule has 0 N–H and O–H groups in total. The molecular formula is C19H31O. The molecule has 0 saturated heterocycles. The number of aryl methyl sites for hydroxylation is 1. The second kappa shape index (κ2) is 11.8. The molecule has 20 heavy (non-hydrogen) atoms. The number of hydrogen-bond donors (Lipinski definition) is 0. The lowest BCUT2D eigenvalue weighted by molar-refractivity contribution is 0.303. The Morgan fingerprint density at radius 2 is 1.50 bits per heavy atom. The van der Waals surface area contributed by atoms with Gasteiger partial charge >= 0.3 is 0 Å². The standard InChI is InChI=1S/C19H31O/c1-3-4-5-6-7-8-9-10-11-12-16-20-19-15-13-14-18(2)17-19/h13-14,17H,3-12,16H2,1-2H3. The van der Waals surface area contributed by atoms with E-state index in [1.165, 1.54) is 63.4 Å². The molecule has 0 aliphatic carbocycles. The van der Waals surface area contributed by atoms with Gasteiger partial charge in [0.25, 0.3) is 0 Å². The quantitative estimate of drug-likeness (QED) is 0.419. The van der Waals surface area contributed by atoms with Gasteiger partial charge in [0, 0.05) is 6.07 Å². The highest BCUT2D eigenvalue weighted by Gasteiger charge is 1.95. The molecule has 1 aromatic rings. The van der Waals surface area contributed by atoms with Gasteiger partial charge in [0.05, 0.1) is 6.61 Å². The Balaban J connectivity index is 1.85. The zero-order valence-electron chi connectivity index (χ0n) is 13.4. The van der Waals surface area contributed by atoms with Gasteiger partial charge in [0.2, 0.25) is 0 Å². The summed E-state index contributed by atoms with van der Waals surface area (Å²) in [4.78, 5) is 0. The van der Waals surface area contributed by atoms with Gasteiger partial charge in [0.15, 0.2) is 0 Å². The smallest absolute Gasteiger partial charge is 0.127 e. The molecular weight excluding hydrogens is 244 g/mol. The molecule has 1 rings (SSSR count). The maximum Gasteiger partial charge on any atom is 0.127 e. The van der Waals surface area contributed by atoms with E-state index in [1.54, 1.807) is 0 Å². The van der Waals surface area contributed by atoms with Crippen molar-refractivity contribution in [3.63, 3.8) is 0 Å². The normalized spacial score (nSPS) is 10.7. The largest absolute Gasteiger partial charge is 0.493 e. The Morgan fingerprint density at radius 3 is 2.10 bits per heavy atom. The Hall–Kier alpha value is -0.980. The van der Waals surface area contributed by atoms with Crippen molar-refractivity contribution in [2.45, 2.75) is 78.1 Å². The van der Waals surface area contributed by atoms with Crippen LogP contribution in [0.25, 0.3) is 0 Å². The van der Waals surface area contributed by atoms with Gasteiger partial charge in [-0.2, -0.15) is 0 Å². The van der Waals surface area contributed by atoms with E-state index in [1.807, 2.05) is 12.1 Å². The predicted molar refractivity (Wildman–Crippen MR) is 87.4 cm³/mol. The Kier molecular flexibility index (Phi) is 10.1. The molecule has 0 unspecified atom stereocenters. The van der Waals surface area contributed by atoms with E-state index in [2.05, 4.69) is 26.0 Å². The van der Waals surface area contributed by atoms with Crippen LogP contribution in [0.5, 0.6) is 5.75 Å². The van der Waals surface area contributed by atoms with Crippen molar-refractivity contribution in [3.8, 4) is 5.75 Å². The van der Waals surface area contributed by atoms with Crippen LogP contribution in [0.3, 0.4) is 0 Å². The van der Waals surface area contributed by atoms with Gasteiger partial charge < -0.3 is 4.74 Å². The number of ether oxygens (including phenoxy) is 1. The summed E-state index contributed by atoms with van der Waals surface area (Å²) in [5.74, 6) is 0.890. The molecule has 0 aromatic heterocycles. The zero-order valence-corrected chi connectivity index (χ0v) is 13.4. The van der Waals surface area contributed by atoms with E-state index >= 15 is 0 Å². The maximum absolute atomic E-state index is 5.70. The number of unbranched alkanes of at least 4 members (excludes halogenated alkanes) is 9. The average molecular weight is 275 g/mol. The molecule has 0 fully saturated rings. The van der Waals surface area contributed by atoms with E-state index in [9.17, 15) is 0 Å². The summed E-state index contributed by atoms with van der Waals surface area (Å²) in [5, 5.41) is 0. The number of benzene rings is 1. The predicted octanol–water partition coefficient (Wildman–Crippen LogP) is 6.09. The highest BCUT2D eigenvalue weighted by molar-refractivity contribution is 5.25. The summed E-state index contributed by atoms with van der Waals surface area (Å²) >= 11 is 0. The highest BCUT2D eigenvalue weighted by Crippen LogP contribution is 2.13. The van der Waals surface area contributed by atoms with Crippen LogP contribution >= 0.6 is 0 Å². The summed E-state index contributed by atoms with van der Waals surface area (Å²) in [6, 6.07) is 9.16. The molecule has 0 spiro atoms. The van der Waals surface area contributed by atoms with Crippen molar-refractivity contribution in [1.82, 2.24) is 0 Å². The van der Waals surface area contributed by atoms with E-state index < -0.39 is 0 Å². The third-order valence-electron chi connectivity index (χ3n) is 3.69. The third kappa shape index (κ3) is 9.01. The first kappa shape index (κ1) is 17.1. The minimum Gasteiger partial charge on any atom is -0.493 e. The lowest BCUT2D eigenvalue weighted by Crippen LogP contribution is -1.97. The van der Waals surface area contributed by atoms with Crippen LogP contribution in [-0.4, -0.2) is 6.61 Å². The summed E-state index contributed by atoms with van der Waals surface area (Å²) in [5.41, 5.74) is 1.24. The molecule has 0 heterocycles. The summed E-state index contributed by atoms with van der Waals surface area (Å²) in [6.07, 6.45) is 13.7. The van der Waals surface area contributed by atoms with E-state index in [0.717, 1.165) is 18.8 Å². The topological polar surface area (TPSA) is 9.23 Å². The molecule has 0 aliphatic heterocycles. The highest BCUT2D eigenvalue weighted by atomic mass is 16.5. The van der Waals surface area contributed by atoms with Crippen molar-refractivity contribution in [2.24, 2.45) is 0 Å². The van der Waals surface area contributed by atoms with Crippen LogP contribution in [0.2, 0.25) is 0 Å². The SMILES string of the molecule is CCCCCCCCCCCCOc1[c]ccc(C)c1. The minimum atomic E-state index is 0.830. The monoisotopic (exact) mass is 275 g/mol. The summed E-state index contributed by atoms with van der Waals surface area (Å²) in [6.45, 7) is 5.19. The van der Waals surface area contributed by atoms with Gasteiger partial charge in [-0.1, -0.05) is 76.8 Å². The molecule has 0 bridgehead atoms. The van der Waals surface area contributed by atoms with Crippen LogP contribution in [0.4, 0.5) is 0 Å². The molecule has 1 aromatic carbocycles. The van der Waals surface area contributed by atoms with Crippen LogP contribution in [0, 0.1) is 13.0 Å². The van der Waals surface area contributed by atoms with Gasteiger partial charge in [-0.05, 0) is 25.0 Å². The Labute approximate surface area is 125 Å². The van der Waals surface area contributed by atoms with Crippen molar-refractivity contribution in [3.05, 3.63) is 29.8 Å². The van der Waals surface area contributed by atoms with Crippen molar-refractivity contribution in [2.75, 3.05) is 6.61 Å². The van der Waals surface area contributed by atoms with Gasteiger partial charge in [-0.25, -0.2) is 0 Å². The van der Waals surface area contributed by atoms with Gasteiger partial charge in [-0.3, -0.25) is 0 Å². The van der Waals surface area contributed by atoms with Crippen LogP contribution in [-0.2, 0) is 0 Å². The first-order chi connectivity index (χ1) is 9.83. The molecule has 1 radical (unpaired) electrons. The molecule has 0 aliphatic rings. The van der Waals surface area contributed by atoms with E-state index in [4.69, 9.17) is 4.74 Å². The molecule has 113 valence electrons. The van der Waals surface area contributed by atoms with Gasteiger partial charge in [0.1, 0.15) is 5.75 Å². The van der Waals surface area contributed by atoms with E-state index in [-0.39, 0.29) is 0 Å². The maximum atomic E-state index is 5.70. The zero-order chi connectivity index (χ0) is 14.5.